The third-order valence-electron chi connectivity index (χ3n) is 3.60. The first-order chi connectivity index (χ1) is 8.04. The molecule has 1 aromatic heterocycles. The monoisotopic (exact) mass is 253 g/mol. The summed E-state index contributed by atoms with van der Waals surface area (Å²) in [5.41, 5.74) is 1.45. The van der Waals surface area contributed by atoms with Crippen molar-refractivity contribution in [3.63, 3.8) is 0 Å². The summed E-state index contributed by atoms with van der Waals surface area (Å²) in [6.45, 7) is 11.1. The molecule has 0 aliphatic carbocycles. The van der Waals surface area contributed by atoms with Crippen LogP contribution in [0.3, 0.4) is 0 Å². The first-order valence-corrected chi connectivity index (χ1v) is 7.39. The van der Waals surface area contributed by atoms with E-state index in [9.17, 15) is 0 Å². The fourth-order valence-corrected chi connectivity index (χ4v) is 3.58. The molecular weight excluding hydrogens is 230 g/mol. The second-order valence-corrected chi connectivity index (χ2v) is 6.24. The average Bonchev–Trinajstić information content (AvgIpc) is 2.84. The fraction of sp³-hybridized carbons (Fsp3) is 0.769. The summed E-state index contributed by atoms with van der Waals surface area (Å²) in [7, 11) is 0. The molecule has 1 atom stereocenters. The second kappa shape index (κ2) is 4.94. The van der Waals surface area contributed by atoms with Crippen LogP contribution in [0.4, 0.5) is 5.13 Å². The molecule has 1 aromatic rings. The van der Waals surface area contributed by atoms with Gasteiger partial charge in [0.05, 0.1) is 5.69 Å². The Morgan fingerprint density at radius 2 is 2.35 bits per heavy atom. The normalized spacial score (nSPS) is 20.8. The van der Waals surface area contributed by atoms with Crippen LogP contribution in [0.15, 0.2) is 5.38 Å². The summed E-state index contributed by atoms with van der Waals surface area (Å²) in [5.74, 6) is 0. The lowest BCUT2D eigenvalue weighted by Crippen LogP contribution is -2.38. The van der Waals surface area contributed by atoms with Crippen LogP contribution in [-0.2, 0) is 0 Å². The number of hydrogen-bond donors (Lipinski definition) is 1. The topological polar surface area (TPSA) is 28.2 Å². The van der Waals surface area contributed by atoms with Gasteiger partial charge in [0.15, 0.2) is 5.13 Å². The number of nitrogens with one attached hydrogen (secondary N) is 1. The summed E-state index contributed by atoms with van der Waals surface area (Å²) in [6.07, 6.45) is 2.55. The molecule has 0 radical (unpaired) electrons. The van der Waals surface area contributed by atoms with Gasteiger partial charge in [-0.15, -0.1) is 11.3 Å². The van der Waals surface area contributed by atoms with E-state index < -0.39 is 0 Å². The van der Waals surface area contributed by atoms with Crippen LogP contribution in [-0.4, -0.2) is 23.6 Å². The minimum atomic E-state index is 0.274. The number of anilines is 1. The summed E-state index contributed by atoms with van der Waals surface area (Å²) >= 11 is 1.78. The van der Waals surface area contributed by atoms with Gasteiger partial charge in [0.1, 0.15) is 0 Å². The Labute approximate surface area is 108 Å². The molecular formula is C13H23N3S. The first-order valence-electron chi connectivity index (χ1n) is 6.51. The quantitative estimate of drug-likeness (QED) is 0.893. The highest BCUT2D eigenvalue weighted by atomic mass is 32.1. The molecule has 17 heavy (non-hydrogen) atoms. The molecule has 0 spiro atoms. The molecule has 3 nitrogen and oxygen atoms in total. The van der Waals surface area contributed by atoms with Gasteiger partial charge in [-0.1, -0.05) is 6.92 Å². The molecule has 1 aliphatic rings. The van der Waals surface area contributed by atoms with Crippen molar-refractivity contribution in [2.45, 2.75) is 52.1 Å². The Balaban J connectivity index is 2.13. The fourth-order valence-electron chi connectivity index (χ4n) is 2.47. The highest BCUT2D eigenvalue weighted by molar-refractivity contribution is 7.13. The zero-order valence-corrected chi connectivity index (χ0v) is 12.1. The summed E-state index contributed by atoms with van der Waals surface area (Å²) in [6, 6.07) is 0.357. The first kappa shape index (κ1) is 12.8. The van der Waals surface area contributed by atoms with Crippen molar-refractivity contribution in [1.29, 1.82) is 0 Å². The van der Waals surface area contributed by atoms with Crippen LogP contribution < -0.4 is 10.2 Å². The van der Waals surface area contributed by atoms with Gasteiger partial charge < -0.3 is 10.2 Å². The Morgan fingerprint density at radius 1 is 1.59 bits per heavy atom. The Morgan fingerprint density at radius 3 is 2.94 bits per heavy atom. The number of thiazole rings is 1. The number of hydrogen-bond acceptors (Lipinski definition) is 4. The minimum Gasteiger partial charge on any atom is -0.343 e. The molecule has 1 N–H and O–H groups in total. The maximum absolute atomic E-state index is 4.79. The lowest BCUT2D eigenvalue weighted by atomic mass is 10.0. The lowest BCUT2D eigenvalue weighted by Gasteiger charge is -2.31. The van der Waals surface area contributed by atoms with Gasteiger partial charge in [0.25, 0.3) is 0 Å². The molecule has 2 rings (SSSR count). The Kier molecular flexibility index (Phi) is 3.73. The number of nitrogens with zero attached hydrogens (tertiary/aromatic N) is 2. The molecule has 1 aliphatic heterocycles. The van der Waals surface area contributed by atoms with Crippen LogP contribution in [0, 0.1) is 0 Å². The van der Waals surface area contributed by atoms with Gasteiger partial charge in [-0.25, -0.2) is 4.98 Å². The molecule has 1 fully saturated rings. The average molecular weight is 253 g/mol. The number of rotatable bonds is 4. The van der Waals surface area contributed by atoms with Crippen molar-refractivity contribution in [3.05, 3.63) is 11.1 Å². The molecule has 96 valence electrons. The van der Waals surface area contributed by atoms with E-state index in [0.29, 0.717) is 6.04 Å². The van der Waals surface area contributed by atoms with E-state index in [1.165, 1.54) is 23.7 Å². The maximum Gasteiger partial charge on any atom is 0.186 e. The van der Waals surface area contributed by atoms with Crippen molar-refractivity contribution in [2.24, 2.45) is 0 Å². The van der Waals surface area contributed by atoms with Crippen LogP contribution in [0.2, 0.25) is 0 Å². The maximum atomic E-state index is 4.79. The van der Waals surface area contributed by atoms with Crippen molar-refractivity contribution in [2.75, 3.05) is 18.0 Å². The van der Waals surface area contributed by atoms with Crippen molar-refractivity contribution >= 4 is 16.5 Å². The highest BCUT2D eigenvalue weighted by Gasteiger charge is 2.33. The van der Waals surface area contributed by atoms with Gasteiger partial charge in [0, 0.05) is 23.5 Å². The van der Waals surface area contributed by atoms with Crippen molar-refractivity contribution in [1.82, 2.24) is 10.3 Å². The Bertz CT molecular complexity index is 372. The van der Waals surface area contributed by atoms with E-state index in [1.54, 1.807) is 11.3 Å². The van der Waals surface area contributed by atoms with Crippen LogP contribution in [0.5, 0.6) is 0 Å². The third-order valence-corrected chi connectivity index (χ3v) is 4.48. The summed E-state index contributed by atoms with van der Waals surface area (Å²) in [4.78, 5) is 7.25. The lowest BCUT2D eigenvalue weighted by molar-refractivity contribution is 0.515. The zero-order chi connectivity index (χ0) is 12.5. The van der Waals surface area contributed by atoms with Gasteiger partial charge in [0.2, 0.25) is 0 Å². The molecule has 0 aromatic carbocycles. The van der Waals surface area contributed by atoms with Gasteiger partial charge in [-0.05, 0) is 40.2 Å². The van der Waals surface area contributed by atoms with E-state index in [4.69, 9.17) is 4.98 Å². The molecule has 4 heteroatoms. The summed E-state index contributed by atoms with van der Waals surface area (Å²) < 4.78 is 0. The highest BCUT2D eigenvalue weighted by Crippen LogP contribution is 2.35. The predicted molar refractivity (Wildman–Crippen MR) is 74.9 cm³/mol. The third kappa shape index (κ3) is 2.63. The summed E-state index contributed by atoms with van der Waals surface area (Å²) in [5, 5.41) is 6.79. The van der Waals surface area contributed by atoms with Gasteiger partial charge in [-0.3, -0.25) is 0 Å². The zero-order valence-electron chi connectivity index (χ0n) is 11.3. The standard InChI is InChI=1S/C13H23N3S/c1-5-14-10(2)11-9-17-12(15-11)16-8-6-7-13(16,3)4/h9-10,14H,5-8H2,1-4H3. The number of aromatic nitrogens is 1. The molecule has 1 saturated heterocycles. The smallest absolute Gasteiger partial charge is 0.186 e. The van der Waals surface area contributed by atoms with Crippen molar-refractivity contribution in [3.8, 4) is 0 Å². The van der Waals surface area contributed by atoms with Crippen LogP contribution in [0.25, 0.3) is 0 Å². The van der Waals surface area contributed by atoms with Gasteiger partial charge in [-0.2, -0.15) is 0 Å². The van der Waals surface area contributed by atoms with E-state index in [-0.39, 0.29) is 5.54 Å². The molecule has 0 saturated carbocycles. The molecule has 0 bridgehead atoms. The Hall–Kier alpha value is -0.610. The van der Waals surface area contributed by atoms with Crippen LogP contribution in [0.1, 0.15) is 52.3 Å². The van der Waals surface area contributed by atoms with Gasteiger partial charge >= 0.3 is 0 Å². The second-order valence-electron chi connectivity index (χ2n) is 5.40. The molecule has 0 amide bonds. The predicted octanol–water partition coefficient (Wildman–Crippen LogP) is 3.19. The van der Waals surface area contributed by atoms with E-state index in [0.717, 1.165) is 13.1 Å². The minimum absolute atomic E-state index is 0.274. The molecule has 2 heterocycles. The van der Waals surface area contributed by atoms with E-state index in [2.05, 4.69) is 43.3 Å². The van der Waals surface area contributed by atoms with Crippen LogP contribution >= 0.6 is 11.3 Å². The van der Waals surface area contributed by atoms with E-state index >= 15 is 0 Å². The van der Waals surface area contributed by atoms with Crippen molar-refractivity contribution < 1.29 is 0 Å². The molecule has 1 unspecified atom stereocenters. The SMILES string of the molecule is CCNC(C)c1csc(N2CCCC2(C)C)n1. The largest absolute Gasteiger partial charge is 0.343 e. The van der Waals surface area contributed by atoms with E-state index in [1.807, 2.05) is 0 Å².